The molecule has 26 heavy (non-hydrogen) atoms. The van der Waals surface area contributed by atoms with Gasteiger partial charge in [0.25, 0.3) is 0 Å². The first-order chi connectivity index (χ1) is 12.6. The molecule has 0 aliphatic carbocycles. The molecule has 6 nitrogen and oxygen atoms in total. The van der Waals surface area contributed by atoms with Crippen molar-refractivity contribution in [3.05, 3.63) is 83.9 Å². The SMILES string of the molecule is NCC(O)(C(=NO)C(=NO)c1ccccc1)c1ccc2ccccc2c1. The van der Waals surface area contributed by atoms with Crippen molar-refractivity contribution in [2.45, 2.75) is 5.60 Å². The number of rotatable bonds is 5. The van der Waals surface area contributed by atoms with Crippen LogP contribution in [0.2, 0.25) is 0 Å². The van der Waals surface area contributed by atoms with Gasteiger partial charge in [0, 0.05) is 12.1 Å². The van der Waals surface area contributed by atoms with Crippen LogP contribution in [0.1, 0.15) is 11.1 Å². The molecule has 3 aromatic carbocycles. The second kappa shape index (κ2) is 7.35. The van der Waals surface area contributed by atoms with Gasteiger partial charge in [0.15, 0.2) is 0 Å². The van der Waals surface area contributed by atoms with Crippen molar-refractivity contribution in [2.75, 3.05) is 6.54 Å². The molecular weight excluding hydrogens is 330 g/mol. The minimum atomic E-state index is -1.84. The van der Waals surface area contributed by atoms with Crippen molar-refractivity contribution in [3.8, 4) is 0 Å². The molecule has 0 heterocycles. The maximum absolute atomic E-state index is 11.3. The van der Waals surface area contributed by atoms with Crippen LogP contribution in [0, 0.1) is 0 Å². The Hall–Kier alpha value is -3.22. The van der Waals surface area contributed by atoms with Crippen LogP contribution < -0.4 is 5.73 Å². The Labute approximate surface area is 150 Å². The molecule has 5 N–H and O–H groups in total. The minimum Gasteiger partial charge on any atom is -0.410 e. The average Bonchev–Trinajstić information content (AvgIpc) is 2.71. The van der Waals surface area contributed by atoms with E-state index in [9.17, 15) is 15.5 Å². The van der Waals surface area contributed by atoms with Crippen molar-refractivity contribution in [1.29, 1.82) is 0 Å². The summed E-state index contributed by atoms with van der Waals surface area (Å²) in [5, 5.41) is 38.7. The van der Waals surface area contributed by atoms with Crippen molar-refractivity contribution < 1.29 is 15.5 Å². The number of benzene rings is 3. The van der Waals surface area contributed by atoms with Crippen LogP contribution in [0.5, 0.6) is 0 Å². The number of oxime groups is 2. The lowest BCUT2D eigenvalue weighted by atomic mass is 9.83. The minimum absolute atomic E-state index is 0.0609. The third-order valence-electron chi connectivity index (χ3n) is 4.39. The molecule has 0 saturated carbocycles. The molecule has 0 radical (unpaired) electrons. The Bertz CT molecular complexity index is 970. The van der Waals surface area contributed by atoms with Gasteiger partial charge in [0.2, 0.25) is 0 Å². The highest BCUT2D eigenvalue weighted by atomic mass is 16.4. The Kier molecular flexibility index (Phi) is 4.97. The first kappa shape index (κ1) is 17.6. The summed E-state index contributed by atoms with van der Waals surface area (Å²) in [6, 6.07) is 21.6. The largest absolute Gasteiger partial charge is 0.410 e. The smallest absolute Gasteiger partial charge is 0.149 e. The van der Waals surface area contributed by atoms with Gasteiger partial charge in [-0.3, -0.25) is 0 Å². The molecule has 1 unspecified atom stereocenters. The second-order valence-electron chi connectivity index (χ2n) is 5.89. The van der Waals surface area contributed by atoms with Gasteiger partial charge in [0.05, 0.1) is 0 Å². The van der Waals surface area contributed by atoms with Crippen molar-refractivity contribution in [1.82, 2.24) is 0 Å². The summed E-state index contributed by atoms with van der Waals surface area (Å²) in [6.07, 6.45) is 0. The molecule has 0 saturated heterocycles. The fourth-order valence-corrected chi connectivity index (χ4v) is 2.96. The lowest BCUT2D eigenvalue weighted by Gasteiger charge is -2.28. The van der Waals surface area contributed by atoms with Crippen LogP contribution in [0.15, 0.2) is 83.1 Å². The molecule has 3 aromatic rings. The van der Waals surface area contributed by atoms with Crippen molar-refractivity contribution >= 4 is 22.2 Å². The molecule has 0 fully saturated rings. The van der Waals surface area contributed by atoms with Gasteiger partial charge in [0.1, 0.15) is 17.0 Å². The zero-order valence-electron chi connectivity index (χ0n) is 13.9. The van der Waals surface area contributed by atoms with Gasteiger partial charge in [-0.1, -0.05) is 77.0 Å². The summed E-state index contributed by atoms with van der Waals surface area (Å²) < 4.78 is 0. The molecule has 0 aromatic heterocycles. The first-order valence-electron chi connectivity index (χ1n) is 8.06. The van der Waals surface area contributed by atoms with Gasteiger partial charge >= 0.3 is 0 Å². The van der Waals surface area contributed by atoms with Crippen LogP contribution in [0.3, 0.4) is 0 Å². The predicted molar refractivity (Wildman–Crippen MR) is 101 cm³/mol. The highest BCUT2D eigenvalue weighted by molar-refractivity contribution is 6.50. The van der Waals surface area contributed by atoms with Gasteiger partial charge in [-0.15, -0.1) is 0 Å². The van der Waals surface area contributed by atoms with E-state index in [1.165, 1.54) is 0 Å². The zero-order chi connectivity index (χ0) is 18.6. The van der Waals surface area contributed by atoms with Gasteiger partial charge in [-0.05, 0) is 22.4 Å². The second-order valence-corrected chi connectivity index (χ2v) is 5.89. The highest BCUT2D eigenvalue weighted by Crippen LogP contribution is 2.28. The summed E-state index contributed by atoms with van der Waals surface area (Å²) in [4.78, 5) is 0. The van der Waals surface area contributed by atoms with Crippen LogP contribution in [-0.2, 0) is 5.60 Å². The molecule has 0 spiro atoms. The first-order valence-corrected chi connectivity index (χ1v) is 8.06. The average molecular weight is 349 g/mol. The third-order valence-corrected chi connectivity index (χ3v) is 4.39. The van der Waals surface area contributed by atoms with Crippen LogP contribution in [0.4, 0.5) is 0 Å². The van der Waals surface area contributed by atoms with Crippen LogP contribution >= 0.6 is 0 Å². The molecule has 0 bridgehead atoms. The number of hydrogen-bond acceptors (Lipinski definition) is 6. The van der Waals surface area contributed by atoms with E-state index in [1.54, 1.807) is 42.5 Å². The third kappa shape index (κ3) is 3.03. The van der Waals surface area contributed by atoms with Gasteiger partial charge in [-0.2, -0.15) is 0 Å². The number of nitrogens with zero attached hydrogens (tertiary/aromatic N) is 2. The monoisotopic (exact) mass is 349 g/mol. The van der Waals surface area contributed by atoms with Crippen LogP contribution in [0.25, 0.3) is 10.8 Å². The van der Waals surface area contributed by atoms with E-state index in [0.717, 1.165) is 10.8 Å². The maximum atomic E-state index is 11.3. The number of aliphatic hydroxyl groups is 1. The summed E-state index contributed by atoms with van der Waals surface area (Å²) in [5.74, 6) is 0. The molecule has 0 aliphatic heterocycles. The fraction of sp³-hybridized carbons (Fsp3) is 0.100. The van der Waals surface area contributed by atoms with Crippen molar-refractivity contribution in [3.63, 3.8) is 0 Å². The molecule has 6 heteroatoms. The highest BCUT2D eigenvalue weighted by Gasteiger charge is 2.39. The molecular formula is C20H19N3O3. The topological polar surface area (TPSA) is 111 Å². The molecule has 132 valence electrons. The lowest BCUT2D eigenvalue weighted by Crippen LogP contribution is -2.47. The Morgan fingerprint density at radius 3 is 2.12 bits per heavy atom. The quantitative estimate of drug-likeness (QED) is 0.322. The lowest BCUT2D eigenvalue weighted by molar-refractivity contribution is 0.118. The van der Waals surface area contributed by atoms with Crippen LogP contribution in [-0.4, -0.2) is 33.5 Å². The van der Waals surface area contributed by atoms with E-state index in [-0.39, 0.29) is 18.0 Å². The van der Waals surface area contributed by atoms with E-state index < -0.39 is 5.60 Å². The predicted octanol–water partition coefficient (Wildman–Crippen LogP) is 2.69. The molecule has 1 atom stereocenters. The molecule has 3 rings (SSSR count). The molecule has 0 aliphatic rings. The van der Waals surface area contributed by atoms with Gasteiger partial charge in [-0.25, -0.2) is 0 Å². The standard InChI is InChI=1S/C20H19N3O3/c21-13-20(24,17-11-10-14-6-4-5-9-16(14)12-17)19(23-26)18(22-25)15-7-2-1-3-8-15/h1-12,24-26H,13,21H2. The van der Waals surface area contributed by atoms with E-state index in [2.05, 4.69) is 10.3 Å². The summed E-state index contributed by atoms with van der Waals surface area (Å²) in [6.45, 7) is -0.267. The zero-order valence-corrected chi connectivity index (χ0v) is 13.9. The Morgan fingerprint density at radius 2 is 1.50 bits per heavy atom. The summed E-state index contributed by atoms with van der Waals surface area (Å²) in [7, 11) is 0. The maximum Gasteiger partial charge on any atom is 0.149 e. The summed E-state index contributed by atoms with van der Waals surface area (Å²) in [5.41, 5.74) is 4.64. The number of fused-ring (bicyclic) bond motifs is 1. The van der Waals surface area contributed by atoms with E-state index in [0.29, 0.717) is 11.1 Å². The Balaban J connectivity index is 2.14. The number of nitrogens with two attached hydrogens (primary N) is 1. The Morgan fingerprint density at radius 1 is 0.846 bits per heavy atom. The normalized spacial score (nSPS) is 15.0. The summed E-state index contributed by atoms with van der Waals surface area (Å²) >= 11 is 0. The molecule has 0 amide bonds. The fourth-order valence-electron chi connectivity index (χ4n) is 2.96. The van der Waals surface area contributed by atoms with E-state index in [4.69, 9.17) is 5.73 Å². The van der Waals surface area contributed by atoms with Gasteiger partial charge < -0.3 is 21.3 Å². The van der Waals surface area contributed by atoms with E-state index >= 15 is 0 Å². The van der Waals surface area contributed by atoms with Crippen molar-refractivity contribution in [2.24, 2.45) is 16.0 Å². The van der Waals surface area contributed by atoms with E-state index in [1.807, 2.05) is 30.3 Å². The number of hydrogen-bond donors (Lipinski definition) is 4.